The Morgan fingerprint density at radius 1 is 0.758 bits per heavy atom. The molecule has 3 fully saturated rings. The zero-order chi connectivity index (χ0) is 23.0. The maximum absolute atomic E-state index is 14.8. The first kappa shape index (κ1) is 25.1. The number of benzene rings is 1. The SMILES string of the molecule is CCCCCCCC1CCC(C2CCC3CC(c4ccc(OCC)cc4F)CCC3C2)CC1. The third-order valence-electron chi connectivity index (χ3n) is 9.65. The van der Waals surface area contributed by atoms with E-state index in [9.17, 15) is 4.39 Å². The van der Waals surface area contributed by atoms with Crippen LogP contribution < -0.4 is 4.74 Å². The van der Waals surface area contributed by atoms with Crippen molar-refractivity contribution in [3.8, 4) is 5.75 Å². The highest BCUT2D eigenvalue weighted by Gasteiger charge is 2.39. The number of fused-ring (bicyclic) bond motifs is 1. The van der Waals surface area contributed by atoms with Crippen molar-refractivity contribution < 1.29 is 9.13 Å². The van der Waals surface area contributed by atoms with Crippen LogP contribution in [0.2, 0.25) is 0 Å². The van der Waals surface area contributed by atoms with Gasteiger partial charge in [-0.15, -0.1) is 0 Å². The Morgan fingerprint density at radius 2 is 1.42 bits per heavy atom. The zero-order valence-corrected chi connectivity index (χ0v) is 21.5. The molecule has 4 unspecified atom stereocenters. The second-order valence-electron chi connectivity index (χ2n) is 11.7. The lowest BCUT2D eigenvalue weighted by molar-refractivity contribution is 0.0706. The molecule has 0 radical (unpaired) electrons. The van der Waals surface area contributed by atoms with E-state index in [2.05, 4.69) is 6.92 Å². The van der Waals surface area contributed by atoms with Crippen molar-refractivity contribution >= 4 is 0 Å². The number of unbranched alkanes of at least 4 members (excludes halogenated alkanes) is 4. The molecule has 3 aliphatic carbocycles. The fourth-order valence-corrected chi connectivity index (χ4v) is 7.72. The van der Waals surface area contributed by atoms with E-state index in [4.69, 9.17) is 4.74 Å². The van der Waals surface area contributed by atoms with Crippen molar-refractivity contribution in [1.82, 2.24) is 0 Å². The van der Waals surface area contributed by atoms with Crippen molar-refractivity contribution in [3.05, 3.63) is 29.6 Å². The van der Waals surface area contributed by atoms with Crippen LogP contribution in [0, 0.1) is 35.4 Å². The Balaban J connectivity index is 1.21. The van der Waals surface area contributed by atoms with Gasteiger partial charge in [-0.25, -0.2) is 4.39 Å². The molecule has 0 aliphatic heterocycles. The summed E-state index contributed by atoms with van der Waals surface area (Å²) in [6.07, 6.45) is 22.6. The molecule has 0 heterocycles. The molecule has 0 N–H and O–H groups in total. The second kappa shape index (κ2) is 12.6. The molecule has 0 saturated heterocycles. The third-order valence-corrected chi connectivity index (χ3v) is 9.65. The van der Waals surface area contributed by atoms with Crippen molar-refractivity contribution in [2.75, 3.05) is 6.61 Å². The summed E-state index contributed by atoms with van der Waals surface area (Å²) in [5, 5.41) is 0. The van der Waals surface area contributed by atoms with E-state index in [1.807, 2.05) is 19.1 Å². The van der Waals surface area contributed by atoms with Gasteiger partial charge in [0.25, 0.3) is 0 Å². The third kappa shape index (κ3) is 6.76. The van der Waals surface area contributed by atoms with Crippen LogP contribution >= 0.6 is 0 Å². The molecule has 1 aromatic rings. The standard InChI is InChI=1S/C31H49FO/c1-3-5-6-7-8-9-23-10-12-24(13-11-23)25-14-15-27-21-28(17-16-26(27)20-25)30-19-18-29(33-4-2)22-31(30)32/h18-19,22-28H,3-17,20-21H2,1-2H3. The maximum Gasteiger partial charge on any atom is 0.130 e. The van der Waals surface area contributed by atoms with Gasteiger partial charge in [-0.1, -0.05) is 64.4 Å². The summed E-state index contributed by atoms with van der Waals surface area (Å²) >= 11 is 0. The number of ether oxygens (including phenoxy) is 1. The fourth-order valence-electron chi connectivity index (χ4n) is 7.72. The van der Waals surface area contributed by atoms with Crippen molar-refractivity contribution in [2.45, 2.75) is 122 Å². The van der Waals surface area contributed by atoms with Crippen LogP contribution in [0.5, 0.6) is 5.75 Å². The molecule has 0 amide bonds. The molecule has 3 saturated carbocycles. The van der Waals surface area contributed by atoms with Crippen LogP contribution in [0.4, 0.5) is 4.39 Å². The van der Waals surface area contributed by atoms with Crippen LogP contribution in [0.15, 0.2) is 18.2 Å². The fraction of sp³-hybridized carbons (Fsp3) is 0.806. The molecule has 0 aromatic heterocycles. The summed E-state index contributed by atoms with van der Waals surface area (Å²) in [6, 6.07) is 5.56. The van der Waals surface area contributed by atoms with E-state index >= 15 is 0 Å². The van der Waals surface area contributed by atoms with E-state index < -0.39 is 0 Å². The average molecular weight is 457 g/mol. The Hall–Kier alpha value is -1.05. The number of halogens is 1. The lowest BCUT2D eigenvalue weighted by Gasteiger charge is -2.45. The minimum atomic E-state index is -0.0554. The van der Waals surface area contributed by atoms with Gasteiger partial charge in [-0.05, 0) is 105 Å². The minimum Gasteiger partial charge on any atom is -0.494 e. The molecule has 186 valence electrons. The zero-order valence-electron chi connectivity index (χ0n) is 21.5. The Labute approximate surface area is 203 Å². The smallest absolute Gasteiger partial charge is 0.130 e. The first-order valence-corrected chi connectivity index (χ1v) is 14.6. The highest BCUT2D eigenvalue weighted by molar-refractivity contribution is 5.31. The molecule has 1 aromatic carbocycles. The molecule has 1 nitrogen and oxygen atoms in total. The Morgan fingerprint density at radius 3 is 2.15 bits per heavy atom. The van der Waals surface area contributed by atoms with Gasteiger partial charge in [0.05, 0.1) is 6.61 Å². The summed E-state index contributed by atoms with van der Waals surface area (Å²) in [6.45, 7) is 4.85. The van der Waals surface area contributed by atoms with Crippen LogP contribution in [0.25, 0.3) is 0 Å². The van der Waals surface area contributed by atoms with Gasteiger partial charge in [-0.2, -0.15) is 0 Å². The molecule has 4 atom stereocenters. The number of hydrogen-bond acceptors (Lipinski definition) is 1. The predicted octanol–water partition coefficient (Wildman–Crippen LogP) is 9.69. The molecule has 3 aliphatic rings. The topological polar surface area (TPSA) is 9.23 Å². The van der Waals surface area contributed by atoms with Gasteiger partial charge in [0.15, 0.2) is 0 Å². The summed E-state index contributed by atoms with van der Waals surface area (Å²) in [4.78, 5) is 0. The minimum absolute atomic E-state index is 0.0554. The summed E-state index contributed by atoms with van der Waals surface area (Å²) in [5.41, 5.74) is 0.937. The summed E-state index contributed by atoms with van der Waals surface area (Å²) in [5.74, 6) is 5.76. The normalized spacial score (nSPS) is 32.3. The molecule has 2 heteroatoms. The van der Waals surface area contributed by atoms with E-state index in [1.165, 1.54) is 103 Å². The van der Waals surface area contributed by atoms with E-state index in [-0.39, 0.29) is 5.82 Å². The molecule has 0 spiro atoms. The molecular formula is C31H49FO. The van der Waals surface area contributed by atoms with Crippen molar-refractivity contribution in [3.63, 3.8) is 0 Å². The van der Waals surface area contributed by atoms with Gasteiger partial charge in [0.1, 0.15) is 11.6 Å². The number of hydrogen-bond donors (Lipinski definition) is 0. The quantitative estimate of drug-likeness (QED) is 0.318. The van der Waals surface area contributed by atoms with Gasteiger partial charge in [-0.3, -0.25) is 0 Å². The van der Waals surface area contributed by atoms with Crippen LogP contribution in [-0.4, -0.2) is 6.61 Å². The average Bonchev–Trinajstić information content (AvgIpc) is 2.84. The van der Waals surface area contributed by atoms with Crippen molar-refractivity contribution in [2.24, 2.45) is 29.6 Å². The summed E-state index contributed by atoms with van der Waals surface area (Å²) in [7, 11) is 0. The van der Waals surface area contributed by atoms with Gasteiger partial charge in [0, 0.05) is 6.07 Å². The number of rotatable bonds is 10. The first-order chi connectivity index (χ1) is 16.2. The van der Waals surface area contributed by atoms with E-state index in [0.29, 0.717) is 18.3 Å². The summed E-state index contributed by atoms with van der Waals surface area (Å²) < 4.78 is 20.3. The highest BCUT2D eigenvalue weighted by atomic mass is 19.1. The lowest BCUT2D eigenvalue weighted by Crippen LogP contribution is -2.34. The van der Waals surface area contributed by atoms with Crippen LogP contribution in [-0.2, 0) is 0 Å². The van der Waals surface area contributed by atoms with E-state index in [1.54, 1.807) is 6.07 Å². The largest absolute Gasteiger partial charge is 0.494 e. The van der Waals surface area contributed by atoms with Crippen LogP contribution in [0.3, 0.4) is 0 Å². The van der Waals surface area contributed by atoms with E-state index in [0.717, 1.165) is 35.2 Å². The molecule has 33 heavy (non-hydrogen) atoms. The predicted molar refractivity (Wildman–Crippen MR) is 137 cm³/mol. The Kier molecular flexibility index (Phi) is 9.56. The maximum atomic E-state index is 14.8. The highest BCUT2D eigenvalue weighted by Crippen LogP contribution is 2.51. The van der Waals surface area contributed by atoms with Gasteiger partial charge < -0.3 is 4.74 Å². The van der Waals surface area contributed by atoms with Crippen LogP contribution in [0.1, 0.15) is 128 Å². The molecule has 0 bridgehead atoms. The second-order valence-corrected chi connectivity index (χ2v) is 11.7. The molecule has 4 rings (SSSR count). The Bertz CT molecular complexity index is 707. The monoisotopic (exact) mass is 456 g/mol. The van der Waals surface area contributed by atoms with Gasteiger partial charge >= 0.3 is 0 Å². The van der Waals surface area contributed by atoms with Gasteiger partial charge in [0.2, 0.25) is 0 Å². The lowest BCUT2D eigenvalue weighted by atomic mass is 9.60. The first-order valence-electron chi connectivity index (χ1n) is 14.6. The van der Waals surface area contributed by atoms with Crippen molar-refractivity contribution in [1.29, 1.82) is 0 Å². The molecular weight excluding hydrogens is 407 g/mol.